The van der Waals surface area contributed by atoms with Gasteiger partial charge >= 0.3 is 0 Å². The molecular formula is C20H29FN4O2. The zero-order valence-electron chi connectivity index (χ0n) is 16.2. The quantitative estimate of drug-likeness (QED) is 0.379. The van der Waals surface area contributed by atoms with Gasteiger partial charge in [0.1, 0.15) is 18.2 Å². The molecule has 27 heavy (non-hydrogen) atoms. The number of rotatable bonds is 10. The third-order valence-corrected chi connectivity index (χ3v) is 4.15. The van der Waals surface area contributed by atoms with Gasteiger partial charge in [-0.15, -0.1) is 0 Å². The molecule has 0 aliphatic carbocycles. The van der Waals surface area contributed by atoms with Gasteiger partial charge in [0.15, 0.2) is 5.96 Å². The average Bonchev–Trinajstić information content (AvgIpc) is 3.17. The molecular weight excluding hydrogens is 347 g/mol. The Morgan fingerprint density at radius 2 is 2.00 bits per heavy atom. The van der Waals surface area contributed by atoms with E-state index in [-0.39, 0.29) is 11.9 Å². The molecule has 7 heteroatoms. The second kappa shape index (κ2) is 11.4. The fraction of sp³-hybridized carbons (Fsp3) is 0.450. The lowest BCUT2D eigenvalue weighted by Gasteiger charge is -2.26. The van der Waals surface area contributed by atoms with E-state index in [2.05, 4.69) is 20.5 Å². The summed E-state index contributed by atoms with van der Waals surface area (Å²) in [7, 11) is 5.75. The Balaban J connectivity index is 1.69. The van der Waals surface area contributed by atoms with Crippen molar-refractivity contribution in [3.8, 4) is 0 Å². The number of likely N-dealkylation sites (N-methyl/N-ethyl adjacent to an activating group) is 1. The third-order valence-electron chi connectivity index (χ3n) is 4.15. The van der Waals surface area contributed by atoms with E-state index >= 15 is 0 Å². The number of nitrogens with zero attached hydrogens (tertiary/aromatic N) is 2. The highest BCUT2D eigenvalue weighted by Crippen LogP contribution is 2.17. The van der Waals surface area contributed by atoms with E-state index in [4.69, 9.17) is 9.15 Å². The van der Waals surface area contributed by atoms with Crippen LogP contribution in [-0.4, -0.2) is 51.7 Å². The maximum Gasteiger partial charge on any atom is 0.191 e. The highest BCUT2D eigenvalue weighted by Gasteiger charge is 2.14. The summed E-state index contributed by atoms with van der Waals surface area (Å²) in [5.74, 6) is 1.34. The molecule has 1 aromatic carbocycles. The summed E-state index contributed by atoms with van der Waals surface area (Å²) in [6.07, 6.45) is 2.50. The molecule has 1 unspecified atom stereocenters. The van der Waals surface area contributed by atoms with Gasteiger partial charge in [0.05, 0.1) is 12.3 Å². The van der Waals surface area contributed by atoms with E-state index in [0.717, 1.165) is 30.2 Å². The van der Waals surface area contributed by atoms with E-state index in [1.807, 2.05) is 38.4 Å². The number of ether oxygens (including phenoxy) is 1. The summed E-state index contributed by atoms with van der Waals surface area (Å²) < 4.78 is 23.9. The van der Waals surface area contributed by atoms with Crippen LogP contribution in [0, 0.1) is 5.82 Å². The number of hydrogen-bond donors (Lipinski definition) is 2. The Morgan fingerprint density at radius 1 is 1.22 bits per heavy atom. The number of benzene rings is 1. The zero-order chi connectivity index (χ0) is 19.5. The first-order chi connectivity index (χ1) is 13.1. The van der Waals surface area contributed by atoms with Crippen LogP contribution >= 0.6 is 0 Å². The number of halogens is 1. The van der Waals surface area contributed by atoms with Crippen molar-refractivity contribution >= 4 is 5.96 Å². The van der Waals surface area contributed by atoms with E-state index in [0.29, 0.717) is 19.8 Å². The van der Waals surface area contributed by atoms with Crippen molar-refractivity contribution in [1.29, 1.82) is 0 Å². The average molecular weight is 376 g/mol. The molecule has 2 rings (SSSR count). The molecule has 0 bridgehead atoms. The Bertz CT molecular complexity index is 672. The maximum atomic E-state index is 13.2. The maximum absolute atomic E-state index is 13.2. The van der Waals surface area contributed by atoms with E-state index in [9.17, 15) is 4.39 Å². The largest absolute Gasteiger partial charge is 0.467 e. The fourth-order valence-electron chi connectivity index (χ4n) is 2.65. The van der Waals surface area contributed by atoms with Crippen LogP contribution in [0.1, 0.15) is 23.8 Å². The lowest BCUT2D eigenvalue weighted by atomic mass is 10.1. The molecule has 6 nitrogen and oxygen atoms in total. The van der Waals surface area contributed by atoms with Gasteiger partial charge in [-0.3, -0.25) is 4.99 Å². The SMILES string of the molecule is CN=C(NCCCOCc1ccco1)NCC(c1ccc(F)cc1)N(C)C. The highest BCUT2D eigenvalue weighted by atomic mass is 19.1. The first-order valence-corrected chi connectivity index (χ1v) is 9.06. The minimum Gasteiger partial charge on any atom is -0.467 e. The molecule has 148 valence electrons. The molecule has 1 atom stereocenters. The second-order valence-corrected chi connectivity index (χ2v) is 6.40. The zero-order valence-corrected chi connectivity index (χ0v) is 16.2. The molecule has 0 fully saturated rings. The highest BCUT2D eigenvalue weighted by molar-refractivity contribution is 5.79. The molecule has 2 aromatic rings. The molecule has 0 radical (unpaired) electrons. The van der Waals surface area contributed by atoms with E-state index in [1.165, 1.54) is 12.1 Å². The van der Waals surface area contributed by atoms with Crippen LogP contribution in [-0.2, 0) is 11.3 Å². The number of guanidine groups is 1. The normalized spacial score (nSPS) is 13.0. The van der Waals surface area contributed by atoms with Gasteiger partial charge in [0.25, 0.3) is 0 Å². The van der Waals surface area contributed by atoms with Crippen molar-refractivity contribution in [1.82, 2.24) is 15.5 Å². The van der Waals surface area contributed by atoms with Gasteiger partial charge in [0, 0.05) is 26.7 Å². The van der Waals surface area contributed by atoms with Crippen LogP contribution in [0.5, 0.6) is 0 Å². The molecule has 1 aromatic heterocycles. The predicted octanol–water partition coefficient (Wildman–Crippen LogP) is 2.79. The van der Waals surface area contributed by atoms with Crippen LogP contribution in [0.2, 0.25) is 0 Å². The second-order valence-electron chi connectivity index (χ2n) is 6.40. The van der Waals surface area contributed by atoms with Gasteiger partial charge < -0.3 is 24.7 Å². The Kier molecular flexibility index (Phi) is 8.80. The van der Waals surface area contributed by atoms with Crippen molar-refractivity contribution in [2.75, 3.05) is 40.8 Å². The molecule has 0 saturated carbocycles. The van der Waals surface area contributed by atoms with Crippen molar-refractivity contribution in [2.45, 2.75) is 19.1 Å². The fourth-order valence-corrected chi connectivity index (χ4v) is 2.65. The van der Waals surface area contributed by atoms with Crippen molar-refractivity contribution < 1.29 is 13.5 Å². The molecule has 1 heterocycles. The summed E-state index contributed by atoms with van der Waals surface area (Å²) in [6, 6.07) is 10.5. The van der Waals surface area contributed by atoms with Crippen molar-refractivity contribution in [2.24, 2.45) is 4.99 Å². The summed E-state index contributed by atoms with van der Waals surface area (Å²) in [6.45, 7) is 2.54. The minimum absolute atomic E-state index is 0.112. The Morgan fingerprint density at radius 3 is 2.63 bits per heavy atom. The topological polar surface area (TPSA) is 62.0 Å². The summed E-state index contributed by atoms with van der Waals surface area (Å²) in [5.41, 5.74) is 1.05. The van der Waals surface area contributed by atoms with E-state index < -0.39 is 0 Å². The molecule has 2 N–H and O–H groups in total. The first-order valence-electron chi connectivity index (χ1n) is 9.06. The summed E-state index contributed by atoms with van der Waals surface area (Å²) >= 11 is 0. The number of furan rings is 1. The summed E-state index contributed by atoms with van der Waals surface area (Å²) in [4.78, 5) is 6.34. The Labute approximate surface area is 160 Å². The van der Waals surface area contributed by atoms with Crippen molar-refractivity contribution in [3.63, 3.8) is 0 Å². The summed E-state index contributed by atoms with van der Waals surface area (Å²) in [5, 5.41) is 6.60. The first kappa shape index (κ1) is 20.9. The number of hydrogen-bond acceptors (Lipinski definition) is 4. The lowest BCUT2D eigenvalue weighted by Crippen LogP contribution is -2.42. The predicted molar refractivity (Wildman–Crippen MR) is 105 cm³/mol. The molecule has 0 aliphatic rings. The van der Waals surface area contributed by atoms with Crippen molar-refractivity contribution in [3.05, 3.63) is 59.8 Å². The standard InChI is InChI=1S/C20H29FN4O2/c1-22-20(23-11-5-12-26-15-18-6-4-13-27-18)24-14-19(25(2)3)16-7-9-17(21)10-8-16/h4,6-10,13,19H,5,11-12,14-15H2,1-3H3,(H2,22,23,24). The van der Waals surface area contributed by atoms with E-state index in [1.54, 1.807) is 13.3 Å². The number of aliphatic imine (C=N–C) groups is 1. The van der Waals surface area contributed by atoms with Crippen LogP contribution in [0.3, 0.4) is 0 Å². The van der Waals surface area contributed by atoms with Crippen LogP contribution in [0.4, 0.5) is 4.39 Å². The van der Waals surface area contributed by atoms with Crippen LogP contribution < -0.4 is 10.6 Å². The van der Waals surface area contributed by atoms with Crippen LogP contribution in [0.15, 0.2) is 52.1 Å². The van der Waals surface area contributed by atoms with Gasteiger partial charge in [-0.1, -0.05) is 12.1 Å². The molecule has 0 aliphatic heterocycles. The minimum atomic E-state index is -0.226. The van der Waals surface area contributed by atoms with Gasteiger partial charge in [-0.05, 0) is 50.3 Å². The van der Waals surface area contributed by atoms with Crippen LogP contribution in [0.25, 0.3) is 0 Å². The van der Waals surface area contributed by atoms with Gasteiger partial charge in [-0.25, -0.2) is 4.39 Å². The molecule has 0 amide bonds. The third kappa shape index (κ3) is 7.40. The van der Waals surface area contributed by atoms with Gasteiger partial charge in [0.2, 0.25) is 0 Å². The molecule has 0 spiro atoms. The number of nitrogens with one attached hydrogen (secondary N) is 2. The lowest BCUT2D eigenvalue weighted by molar-refractivity contribution is 0.105. The monoisotopic (exact) mass is 376 g/mol. The molecule has 0 saturated heterocycles. The Hall–Kier alpha value is -2.38. The van der Waals surface area contributed by atoms with Gasteiger partial charge in [-0.2, -0.15) is 0 Å². The smallest absolute Gasteiger partial charge is 0.191 e.